The minimum atomic E-state index is -0.393. The number of benzene rings is 2. The van der Waals surface area contributed by atoms with Crippen LogP contribution in [0.5, 0.6) is 0 Å². The van der Waals surface area contributed by atoms with Crippen molar-refractivity contribution in [3.8, 4) is 0 Å². The molecule has 0 spiro atoms. The van der Waals surface area contributed by atoms with Gasteiger partial charge < -0.3 is 4.90 Å². The maximum Gasteiger partial charge on any atom is 0.261 e. The van der Waals surface area contributed by atoms with Crippen molar-refractivity contribution in [3.63, 3.8) is 0 Å². The second-order valence-corrected chi connectivity index (χ2v) is 7.08. The lowest BCUT2D eigenvalue weighted by molar-refractivity contribution is -0.119. The van der Waals surface area contributed by atoms with Crippen molar-refractivity contribution >= 4 is 35.0 Å². The molecular formula is C20H17ClN2O3. The van der Waals surface area contributed by atoms with Gasteiger partial charge in [0, 0.05) is 29.7 Å². The Morgan fingerprint density at radius 2 is 1.85 bits per heavy atom. The van der Waals surface area contributed by atoms with Crippen molar-refractivity contribution in [2.75, 3.05) is 11.4 Å². The van der Waals surface area contributed by atoms with Crippen molar-refractivity contribution in [1.29, 1.82) is 0 Å². The molecule has 1 unspecified atom stereocenters. The molecule has 0 radical (unpaired) electrons. The average Bonchev–Trinajstić information content (AvgIpc) is 3.07. The molecule has 1 atom stereocenters. The van der Waals surface area contributed by atoms with Crippen LogP contribution in [0.3, 0.4) is 0 Å². The Hall–Kier alpha value is -2.66. The topological polar surface area (TPSA) is 57.7 Å². The second kappa shape index (κ2) is 6.25. The first-order valence-corrected chi connectivity index (χ1v) is 8.91. The lowest BCUT2D eigenvalue weighted by atomic mass is 10.1. The van der Waals surface area contributed by atoms with Crippen LogP contribution in [0.15, 0.2) is 42.5 Å². The number of amides is 3. The Kier molecular flexibility index (Phi) is 4.04. The summed E-state index contributed by atoms with van der Waals surface area (Å²) in [5.41, 5.74) is 2.70. The van der Waals surface area contributed by atoms with Gasteiger partial charge in [0.05, 0.1) is 11.1 Å². The van der Waals surface area contributed by atoms with E-state index >= 15 is 0 Å². The van der Waals surface area contributed by atoms with Crippen molar-refractivity contribution in [2.24, 2.45) is 0 Å². The molecule has 6 heteroatoms. The lowest BCUT2D eigenvalue weighted by Gasteiger charge is -2.24. The Morgan fingerprint density at radius 1 is 1.12 bits per heavy atom. The number of para-hydroxylation sites is 1. The van der Waals surface area contributed by atoms with Crippen LogP contribution in [0.1, 0.15) is 39.6 Å². The maximum atomic E-state index is 12.8. The summed E-state index contributed by atoms with van der Waals surface area (Å²) < 4.78 is 0. The molecule has 0 saturated carbocycles. The summed E-state index contributed by atoms with van der Waals surface area (Å²) in [5.74, 6) is -0.850. The minimum Gasteiger partial charge on any atom is -0.309 e. The summed E-state index contributed by atoms with van der Waals surface area (Å²) >= 11 is 5.92. The fourth-order valence-electron chi connectivity index (χ4n) is 3.74. The first kappa shape index (κ1) is 16.8. The van der Waals surface area contributed by atoms with E-state index in [-0.39, 0.29) is 30.8 Å². The van der Waals surface area contributed by atoms with Crippen molar-refractivity contribution < 1.29 is 14.4 Å². The molecule has 2 heterocycles. The normalized spacial score (nSPS) is 18.3. The Balaban J connectivity index is 1.49. The third kappa shape index (κ3) is 2.59. The van der Waals surface area contributed by atoms with Gasteiger partial charge in [-0.2, -0.15) is 0 Å². The maximum absolute atomic E-state index is 12.8. The van der Waals surface area contributed by atoms with E-state index in [1.807, 2.05) is 31.2 Å². The summed E-state index contributed by atoms with van der Waals surface area (Å²) in [6, 6.07) is 12.5. The summed E-state index contributed by atoms with van der Waals surface area (Å²) in [5, 5.41) is 0.408. The molecule has 0 bridgehead atoms. The van der Waals surface area contributed by atoms with Crippen LogP contribution in [0, 0.1) is 0 Å². The lowest BCUT2D eigenvalue weighted by Crippen LogP contribution is -2.39. The molecular weight excluding hydrogens is 352 g/mol. The van der Waals surface area contributed by atoms with E-state index in [0.29, 0.717) is 16.1 Å². The van der Waals surface area contributed by atoms with Gasteiger partial charge in [0.25, 0.3) is 11.8 Å². The average molecular weight is 369 g/mol. The van der Waals surface area contributed by atoms with E-state index in [2.05, 4.69) is 0 Å². The Labute approximate surface area is 156 Å². The van der Waals surface area contributed by atoms with Gasteiger partial charge in [0.2, 0.25) is 5.91 Å². The molecule has 132 valence electrons. The first-order valence-electron chi connectivity index (χ1n) is 8.53. The van der Waals surface area contributed by atoms with Crippen LogP contribution in [0.25, 0.3) is 0 Å². The number of nitrogens with zero attached hydrogens (tertiary/aromatic N) is 2. The highest BCUT2D eigenvalue weighted by Crippen LogP contribution is 2.32. The van der Waals surface area contributed by atoms with Crippen molar-refractivity contribution in [2.45, 2.75) is 25.8 Å². The van der Waals surface area contributed by atoms with Crippen LogP contribution >= 0.6 is 11.6 Å². The van der Waals surface area contributed by atoms with Crippen LogP contribution in [0.2, 0.25) is 5.02 Å². The Morgan fingerprint density at radius 3 is 2.65 bits per heavy atom. The number of rotatable bonds is 3. The number of carbonyl (C=O) groups excluding carboxylic acids is 3. The summed E-state index contributed by atoms with van der Waals surface area (Å²) in [6.07, 6.45) is 0.908. The van der Waals surface area contributed by atoms with Crippen LogP contribution in [-0.2, 0) is 11.2 Å². The van der Waals surface area contributed by atoms with E-state index in [9.17, 15) is 14.4 Å². The van der Waals surface area contributed by atoms with Gasteiger partial charge in [-0.3, -0.25) is 19.3 Å². The van der Waals surface area contributed by atoms with E-state index in [4.69, 9.17) is 11.6 Å². The zero-order chi connectivity index (χ0) is 18.4. The van der Waals surface area contributed by atoms with Crippen molar-refractivity contribution in [3.05, 3.63) is 64.2 Å². The van der Waals surface area contributed by atoms with Gasteiger partial charge in [-0.05, 0) is 43.2 Å². The van der Waals surface area contributed by atoms with Crippen LogP contribution in [-0.4, -0.2) is 35.2 Å². The predicted molar refractivity (Wildman–Crippen MR) is 98.5 cm³/mol. The molecule has 2 aromatic carbocycles. The number of fused-ring (bicyclic) bond motifs is 2. The first-order chi connectivity index (χ1) is 12.5. The molecule has 0 aromatic heterocycles. The molecule has 2 aromatic rings. The molecule has 0 saturated heterocycles. The van der Waals surface area contributed by atoms with Gasteiger partial charge in [0.1, 0.15) is 0 Å². The smallest absolute Gasteiger partial charge is 0.261 e. The van der Waals surface area contributed by atoms with Gasteiger partial charge in [-0.15, -0.1) is 0 Å². The number of imide groups is 1. The molecule has 5 nitrogen and oxygen atoms in total. The predicted octanol–water partition coefficient (Wildman–Crippen LogP) is 3.30. The number of halogens is 1. The SMILES string of the molecule is CC1Cc2ccccc2N1C(=O)CCN1C(=O)c2ccc(Cl)cc2C1=O. The molecule has 3 amide bonds. The van der Waals surface area contributed by atoms with Crippen molar-refractivity contribution in [1.82, 2.24) is 4.90 Å². The zero-order valence-electron chi connectivity index (χ0n) is 14.2. The molecule has 0 fully saturated rings. The molecule has 26 heavy (non-hydrogen) atoms. The molecule has 4 rings (SSSR count). The Bertz CT molecular complexity index is 940. The zero-order valence-corrected chi connectivity index (χ0v) is 15.0. The molecule has 2 aliphatic heterocycles. The number of carbonyl (C=O) groups is 3. The van der Waals surface area contributed by atoms with Gasteiger partial charge >= 0.3 is 0 Å². The largest absolute Gasteiger partial charge is 0.309 e. The number of hydrogen-bond donors (Lipinski definition) is 0. The van der Waals surface area contributed by atoms with E-state index in [1.165, 1.54) is 6.07 Å². The highest BCUT2D eigenvalue weighted by molar-refractivity contribution is 6.32. The van der Waals surface area contributed by atoms with Gasteiger partial charge in [-0.1, -0.05) is 29.8 Å². The summed E-state index contributed by atoms with van der Waals surface area (Å²) in [6.45, 7) is 2.07. The van der Waals surface area contributed by atoms with Crippen LogP contribution in [0.4, 0.5) is 5.69 Å². The minimum absolute atomic E-state index is 0.0637. The van der Waals surface area contributed by atoms with E-state index in [0.717, 1.165) is 22.6 Å². The fraction of sp³-hybridized carbons (Fsp3) is 0.250. The molecule has 0 aliphatic carbocycles. The molecule has 0 N–H and O–H groups in total. The summed E-state index contributed by atoms with van der Waals surface area (Å²) in [7, 11) is 0. The van der Waals surface area contributed by atoms with E-state index in [1.54, 1.807) is 17.0 Å². The van der Waals surface area contributed by atoms with Gasteiger partial charge in [0.15, 0.2) is 0 Å². The molecule has 2 aliphatic rings. The quantitative estimate of drug-likeness (QED) is 0.781. The highest BCUT2D eigenvalue weighted by atomic mass is 35.5. The number of hydrogen-bond acceptors (Lipinski definition) is 3. The third-order valence-electron chi connectivity index (χ3n) is 4.96. The standard InChI is InChI=1S/C20H17ClN2O3/c1-12-10-13-4-2-3-5-17(13)23(12)18(24)8-9-22-19(25)15-7-6-14(21)11-16(15)20(22)26/h2-7,11-12H,8-10H2,1H3. The van der Waals surface area contributed by atoms with Crippen LogP contribution < -0.4 is 4.90 Å². The fourth-order valence-corrected chi connectivity index (χ4v) is 3.91. The summed E-state index contributed by atoms with van der Waals surface area (Å²) in [4.78, 5) is 40.6. The third-order valence-corrected chi connectivity index (χ3v) is 5.19. The van der Waals surface area contributed by atoms with Gasteiger partial charge in [-0.25, -0.2) is 0 Å². The monoisotopic (exact) mass is 368 g/mol. The van der Waals surface area contributed by atoms with E-state index < -0.39 is 5.91 Å². The second-order valence-electron chi connectivity index (χ2n) is 6.65. The number of anilines is 1. The highest BCUT2D eigenvalue weighted by Gasteiger charge is 2.37.